The summed E-state index contributed by atoms with van der Waals surface area (Å²) in [6.07, 6.45) is 15.3. The molecule has 4 fully saturated rings. The molecule has 7 atom stereocenters. The second-order valence-electron chi connectivity index (χ2n) is 8.41. The van der Waals surface area contributed by atoms with Gasteiger partial charge in [0, 0.05) is 18.0 Å². The van der Waals surface area contributed by atoms with Crippen LogP contribution in [0.25, 0.3) is 0 Å². The van der Waals surface area contributed by atoms with E-state index in [1.54, 1.807) is 0 Å². The Kier molecular flexibility index (Phi) is 4.49. The molecule has 0 spiro atoms. The third-order valence-electron chi connectivity index (χ3n) is 6.97. The fourth-order valence-electron chi connectivity index (χ4n) is 5.78. The third-order valence-corrected chi connectivity index (χ3v) is 6.97. The van der Waals surface area contributed by atoms with Crippen LogP contribution >= 0.6 is 0 Å². The average Bonchev–Trinajstić information content (AvgIpc) is 2.93. The Morgan fingerprint density at radius 2 is 1.91 bits per heavy atom. The summed E-state index contributed by atoms with van der Waals surface area (Å²) in [5.41, 5.74) is 0. The minimum absolute atomic E-state index is 0.0850. The van der Waals surface area contributed by atoms with Gasteiger partial charge in [0.25, 0.3) is 0 Å². The van der Waals surface area contributed by atoms with Gasteiger partial charge in [-0.3, -0.25) is 4.79 Å². The molecule has 4 rings (SSSR count). The first-order chi connectivity index (χ1) is 11.2. The maximum atomic E-state index is 12.1. The van der Waals surface area contributed by atoms with E-state index in [1.165, 1.54) is 44.9 Å². The van der Waals surface area contributed by atoms with Crippen molar-refractivity contribution in [1.29, 1.82) is 0 Å². The molecule has 3 nitrogen and oxygen atoms in total. The molecule has 0 aromatic heterocycles. The Balaban J connectivity index is 1.52. The summed E-state index contributed by atoms with van der Waals surface area (Å²) >= 11 is 0. The monoisotopic (exact) mass is 317 g/mol. The first-order valence-electron chi connectivity index (χ1n) is 9.83. The molecule has 128 valence electrons. The molecule has 1 N–H and O–H groups in total. The summed E-state index contributed by atoms with van der Waals surface area (Å²) in [5, 5.41) is 3.71. The van der Waals surface area contributed by atoms with Gasteiger partial charge in [-0.2, -0.15) is 0 Å². The van der Waals surface area contributed by atoms with E-state index < -0.39 is 0 Å². The van der Waals surface area contributed by atoms with Crippen molar-refractivity contribution in [3.05, 3.63) is 12.2 Å². The van der Waals surface area contributed by atoms with E-state index >= 15 is 0 Å². The van der Waals surface area contributed by atoms with Gasteiger partial charge >= 0.3 is 5.97 Å². The predicted octanol–water partition coefficient (Wildman–Crippen LogP) is 3.69. The van der Waals surface area contributed by atoms with E-state index in [4.69, 9.17) is 4.74 Å². The lowest BCUT2D eigenvalue weighted by atomic mass is 9.58. The summed E-state index contributed by atoms with van der Waals surface area (Å²) in [4.78, 5) is 12.1. The molecule has 3 heteroatoms. The molecule has 0 aromatic rings. The van der Waals surface area contributed by atoms with Crippen molar-refractivity contribution in [2.45, 2.75) is 70.4 Å². The molecule has 2 aliphatic carbocycles. The molecular weight excluding hydrogens is 286 g/mol. The normalized spacial score (nSPS) is 47.2. The zero-order valence-corrected chi connectivity index (χ0v) is 14.4. The number of allylic oxidation sites excluding steroid dienone is 1. The number of nitrogens with one attached hydrogen (secondary N) is 1. The van der Waals surface area contributed by atoms with Gasteiger partial charge in [-0.1, -0.05) is 37.8 Å². The number of piperidine rings is 1. The molecule has 2 aliphatic heterocycles. The number of esters is 1. The Hall–Kier alpha value is -0.830. The van der Waals surface area contributed by atoms with E-state index in [-0.39, 0.29) is 11.9 Å². The van der Waals surface area contributed by atoms with Crippen molar-refractivity contribution in [2.24, 2.45) is 29.6 Å². The minimum Gasteiger partial charge on any atom is -0.465 e. The highest BCUT2D eigenvalue weighted by atomic mass is 16.5. The van der Waals surface area contributed by atoms with Crippen molar-refractivity contribution in [3.63, 3.8) is 0 Å². The fourth-order valence-corrected chi connectivity index (χ4v) is 5.78. The second kappa shape index (κ2) is 6.58. The smallest absolute Gasteiger partial charge is 0.309 e. The first kappa shape index (κ1) is 15.7. The summed E-state index contributed by atoms with van der Waals surface area (Å²) in [6.45, 7) is 2.95. The van der Waals surface area contributed by atoms with Crippen molar-refractivity contribution < 1.29 is 9.53 Å². The Morgan fingerprint density at radius 1 is 1.04 bits per heavy atom. The summed E-state index contributed by atoms with van der Waals surface area (Å²) in [7, 11) is 0. The maximum Gasteiger partial charge on any atom is 0.309 e. The van der Waals surface area contributed by atoms with Gasteiger partial charge < -0.3 is 10.1 Å². The molecule has 0 bridgehead atoms. The van der Waals surface area contributed by atoms with Gasteiger partial charge in [-0.25, -0.2) is 0 Å². The van der Waals surface area contributed by atoms with Gasteiger partial charge in [0.15, 0.2) is 0 Å². The zero-order chi connectivity index (χ0) is 15.8. The van der Waals surface area contributed by atoms with Crippen LogP contribution in [-0.2, 0) is 9.53 Å². The van der Waals surface area contributed by atoms with Crippen LogP contribution in [0.2, 0.25) is 0 Å². The van der Waals surface area contributed by atoms with Gasteiger partial charge in [-0.15, -0.1) is 0 Å². The van der Waals surface area contributed by atoms with E-state index in [2.05, 4.69) is 24.4 Å². The van der Waals surface area contributed by atoms with Crippen LogP contribution in [0.15, 0.2) is 12.2 Å². The van der Waals surface area contributed by atoms with Crippen molar-refractivity contribution in [3.8, 4) is 0 Å². The van der Waals surface area contributed by atoms with Crippen molar-refractivity contribution >= 4 is 5.97 Å². The predicted molar refractivity (Wildman–Crippen MR) is 90.9 cm³/mol. The highest BCUT2D eigenvalue weighted by molar-refractivity contribution is 5.75. The number of carbonyl (C=O) groups excluding carboxylic acids is 1. The number of cyclic esters (lactones) is 1. The largest absolute Gasteiger partial charge is 0.465 e. The maximum absolute atomic E-state index is 12.1. The van der Waals surface area contributed by atoms with E-state index in [1.807, 2.05) is 0 Å². The standard InChI is InChI=1S/C20H31NO2/c1-13-5-4-7-15(21-13)9-10-17-16-8-3-2-6-14(16)11-18-19(17)12-23-20(18)22/h9-10,13-19,21H,2-8,11-12H2,1H3. The Morgan fingerprint density at radius 3 is 2.78 bits per heavy atom. The van der Waals surface area contributed by atoms with Crippen LogP contribution in [0.5, 0.6) is 0 Å². The molecule has 0 amide bonds. The van der Waals surface area contributed by atoms with Crippen molar-refractivity contribution in [2.75, 3.05) is 6.61 Å². The average molecular weight is 317 g/mol. The highest BCUT2D eigenvalue weighted by Gasteiger charge is 2.50. The molecule has 2 heterocycles. The SMILES string of the molecule is CC1CCCC(C=CC2C3CCCCC3CC3C(=O)OCC32)N1. The van der Waals surface area contributed by atoms with Gasteiger partial charge in [0.2, 0.25) is 0 Å². The first-order valence-corrected chi connectivity index (χ1v) is 9.83. The lowest BCUT2D eigenvalue weighted by Crippen LogP contribution is -2.42. The Bertz CT molecular complexity index is 474. The number of hydrogen-bond donors (Lipinski definition) is 1. The summed E-state index contributed by atoms with van der Waals surface area (Å²) in [6, 6.07) is 1.16. The minimum atomic E-state index is 0.0850. The lowest BCUT2D eigenvalue weighted by molar-refractivity contribution is -0.142. The topological polar surface area (TPSA) is 38.3 Å². The van der Waals surface area contributed by atoms with Gasteiger partial charge in [-0.05, 0) is 50.4 Å². The van der Waals surface area contributed by atoms with Crippen LogP contribution < -0.4 is 5.32 Å². The van der Waals surface area contributed by atoms with Crippen LogP contribution in [-0.4, -0.2) is 24.7 Å². The van der Waals surface area contributed by atoms with Gasteiger partial charge in [0.05, 0.1) is 12.5 Å². The van der Waals surface area contributed by atoms with Crippen LogP contribution in [0, 0.1) is 29.6 Å². The second-order valence-corrected chi connectivity index (χ2v) is 8.41. The number of fused-ring (bicyclic) bond motifs is 2. The van der Waals surface area contributed by atoms with Crippen LogP contribution in [0.3, 0.4) is 0 Å². The fraction of sp³-hybridized carbons (Fsp3) is 0.850. The number of carbonyl (C=O) groups is 1. The van der Waals surface area contributed by atoms with Crippen LogP contribution in [0.1, 0.15) is 58.3 Å². The number of ether oxygens (including phenoxy) is 1. The Labute approximate surface area is 140 Å². The zero-order valence-electron chi connectivity index (χ0n) is 14.4. The number of hydrogen-bond acceptors (Lipinski definition) is 3. The number of rotatable bonds is 2. The van der Waals surface area contributed by atoms with Gasteiger partial charge in [0.1, 0.15) is 0 Å². The third kappa shape index (κ3) is 3.09. The molecule has 7 unspecified atom stereocenters. The molecule has 0 radical (unpaired) electrons. The molecule has 2 saturated carbocycles. The van der Waals surface area contributed by atoms with E-state index in [9.17, 15) is 4.79 Å². The molecule has 0 aromatic carbocycles. The van der Waals surface area contributed by atoms with Crippen LogP contribution in [0.4, 0.5) is 0 Å². The molecular formula is C20H31NO2. The molecule has 4 aliphatic rings. The van der Waals surface area contributed by atoms with E-state index in [0.29, 0.717) is 30.5 Å². The molecule has 23 heavy (non-hydrogen) atoms. The highest BCUT2D eigenvalue weighted by Crippen LogP contribution is 2.51. The summed E-state index contributed by atoms with van der Waals surface area (Å²) in [5.74, 6) is 2.81. The lowest BCUT2D eigenvalue weighted by Gasteiger charge is -2.45. The molecule has 2 saturated heterocycles. The summed E-state index contributed by atoms with van der Waals surface area (Å²) < 4.78 is 5.46. The van der Waals surface area contributed by atoms with Crippen molar-refractivity contribution in [1.82, 2.24) is 5.32 Å². The van der Waals surface area contributed by atoms with E-state index in [0.717, 1.165) is 18.3 Å². The quantitative estimate of drug-likeness (QED) is 0.623.